The molecule has 1 aliphatic heterocycles. The van der Waals surface area contributed by atoms with Gasteiger partial charge in [-0.2, -0.15) is 0 Å². The number of nitrogens with zero attached hydrogens (tertiary/aromatic N) is 1. The fourth-order valence-electron chi connectivity index (χ4n) is 3.02. The molecule has 2 N–H and O–H groups in total. The summed E-state index contributed by atoms with van der Waals surface area (Å²) in [6.45, 7) is 0.874. The van der Waals surface area contributed by atoms with Gasteiger partial charge in [0.2, 0.25) is 11.8 Å². The topological polar surface area (TPSA) is 95.9 Å². The van der Waals surface area contributed by atoms with Crippen molar-refractivity contribution in [2.75, 3.05) is 26.8 Å². The Hall–Kier alpha value is -1.63. The van der Waals surface area contributed by atoms with Gasteiger partial charge < -0.3 is 20.1 Å². The summed E-state index contributed by atoms with van der Waals surface area (Å²) in [5.74, 6) is -2.58. The van der Waals surface area contributed by atoms with Crippen molar-refractivity contribution >= 4 is 17.8 Å². The normalized spacial score (nSPS) is 30.1. The van der Waals surface area contributed by atoms with Crippen LogP contribution < -0.4 is 5.32 Å². The van der Waals surface area contributed by atoms with E-state index in [2.05, 4.69) is 5.32 Å². The van der Waals surface area contributed by atoms with Gasteiger partial charge in [-0.25, -0.2) is 0 Å². The van der Waals surface area contributed by atoms with Gasteiger partial charge in [-0.3, -0.25) is 14.4 Å². The number of morpholine rings is 1. The third-order valence-corrected chi connectivity index (χ3v) is 4.11. The van der Waals surface area contributed by atoms with Crippen LogP contribution in [0.3, 0.4) is 0 Å². The molecule has 0 aromatic carbocycles. The Morgan fingerprint density at radius 2 is 1.95 bits per heavy atom. The van der Waals surface area contributed by atoms with Crippen molar-refractivity contribution < 1.29 is 24.2 Å². The molecule has 3 atom stereocenters. The van der Waals surface area contributed by atoms with E-state index in [1.807, 2.05) is 0 Å². The SMILES string of the molecule is CNC(=O)C1COCCN1C(=O)C1CCCC1C(=O)O. The number of ether oxygens (including phenoxy) is 1. The lowest BCUT2D eigenvalue weighted by Gasteiger charge is -2.36. The summed E-state index contributed by atoms with van der Waals surface area (Å²) < 4.78 is 5.25. The van der Waals surface area contributed by atoms with Crippen LogP contribution in [0.5, 0.6) is 0 Å². The molecular formula is C13H20N2O5. The Balaban J connectivity index is 2.13. The van der Waals surface area contributed by atoms with E-state index in [1.165, 1.54) is 11.9 Å². The second kappa shape index (κ2) is 6.21. The summed E-state index contributed by atoms with van der Waals surface area (Å²) in [4.78, 5) is 37.1. The molecule has 2 aliphatic rings. The van der Waals surface area contributed by atoms with Gasteiger partial charge in [0.15, 0.2) is 0 Å². The standard InChI is InChI=1S/C13H20N2O5/c1-14-11(16)10-7-20-6-5-15(10)12(17)8-3-2-4-9(8)13(18)19/h8-10H,2-7H2,1H3,(H,14,16)(H,18,19). The molecule has 3 unspecified atom stereocenters. The number of hydrogen-bond acceptors (Lipinski definition) is 4. The number of carboxylic acid groups (broad SMARTS) is 1. The van der Waals surface area contributed by atoms with Crippen molar-refractivity contribution in [2.45, 2.75) is 25.3 Å². The van der Waals surface area contributed by atoms with Crippen LogP contribution in [0.4, 0.5) is 0 Å². The van der Waals surface area contributed by atoms with E-state index in [0.29, 0.717) is 26.0 Å². The minimum atomic E-state index is -0.925. The summed E-state index contributed by atoms with van der Waals surface area (Å²) in [6.07, 6.45) is 1.84. The van der Waals surface area contributed by atoms with Gasteiger partial charge >= 0.3 is 5.97 Å². The van der Waals surface area contributed by atoms with Gasteiger partial charge in [0.1, 0.15) is 6.04 Å². The van der Waals surface area contributed by atoms with E-state index < -0.39 is 23.8 Å². The highest BCUT2D eigenvalue weighted by atomic mass is 16.5. The zero-order chi connectivity index (χ0) is 14.7. The number of likely N-dealkylation sites (N-methyl/N-ethyl adjacent to an activating group) is 1. The van der Waals surface area contributed by atoms with Crippen LogP contribution in [0.25, 0.3) is 0 Å². The van der Waals surface area contributed by atoms with Crippen molar-refractivity contribution in [2.24, 2.45) is 11.8 Å². The lowest BCUT2D eigenvalue weighted by Crippen LogP contribution is -2.57. The van der Waals surface area contributed by atoms with E-state index >= 15 is 0 Å². The number of carbonyl (C=O) groups is 3. The molecule has 0 spiro atoms. The molecule has 0 aromatic heterocycles. The highest BCUT2D eigenvalue weighted by molar-refractivity contribution is 5.91. The maximum Gasteiger partial charge on any atom is 0.307 e. The minimum absolute atomic E-state index is 0.163. The summed E-state index contributed by atoms with van der Waals surface area (Å²) in [7, 11) is 1.51. The first-order valence-electron chi connectivity index (χ1n) is 6.89. The molecular weight excluding hydrogens is 264 g/mol. The van der Waals surface area contributed by atoms with Gasteiger partial charge in [0, 0.05) is 13.6 Å². The number of rotatable bonds is 3. The van der Waals surface area contributed by atoms with Crippen LogP contribution in [0, 0.1) is 11.8 Å². The van der Waals surface area contributed by atoms with Gasteiger partial charge in [0.05, 0.1) is 25.0 Å². The zero-order valence-corrected chi connectivity index (χ0v) is 11.5. The number of carboxylic acids is 1. The predicted molar refractivity (Wildman–Crippen MR) is 68.9 cm³/mol. The molecule has 1 aliphatic carbocycles. The van der Waals surface area contributed by atoms with Crippen LogP contribution >= 0.6 is 0 Å². The van der Waals surface area contributed by atoms with Crippen LogP contribution in [-0.4, -0.2) is 60.6 Å². The summed E-state index contributed by atoms with van der Waals surface area (Å²) in [5.41, 5.74) is 0. The predicted octanol–water partition coefficient (Wildman–Crippen LogP) is -0.539. The Kier molecular flexibility index (Phi) is 4.59. The lowest BCUT2D eigenvalue weighted by molar-refractivity contribution is -0.156. The molecule has 20 heavy (non-hydrogen) atoms. The number of nitrogens with one attached hydrogen (secondary N) is 1. The second-order valence-electron chi connectivity index (χ2n) is 5.22. The molecule has 0 aromatic rings. The highest BCUT2D eigenvalue weighted by Gasteiger charge is 2.43. The fraction of sp³-hybridized carbons (Fsp3) is 0.769. The third kappa shape index (κ3) is 2.77. The molecule has 2 fully saturated rings. The van der Waals surface area contributed by atoms with Gasteiger partial charge in [-0.1, -0.05) is 6.42 Å². The Morgan fingerprint density at radius 3 is 2.60 bits per heavy atom. The average molecular weight is 284 g/mol. The minimum Gasteiger partial charge on any atom is -0.481 e. The van der Waals surface area contributed by atoms with Gasteiger partial charge in [0.25, 0.3) is 0 Å². The first-order valence-corrected chi connectivity index (χ1v) is 6.89. The molecule has 0 bridgehead atoms. The maximum absolute atomic E-state index is 12.6. The molecule has 2 rings (SSSR count). The molecule has 7 heteroatoms. The van der Waals surface area contributed by atoms with E-state index in [4.69, 9.17) is 4.74 Å². The van der Waals surface area contributed by atoms with Crippen molar-refractivity contribution in [3.05, 3.63) is 0 Å². The van der Waals surface area contributed by atoms with E-state index in [0.717, 1.165) is 6.42 Å². The van der Waals surface area contributed by atoms with E-state index in [-0.39, 0.29) is 18.4 Å². The second-order valence-corrected chi connectivity index (χ2v) is 5.22. The third-order valence-electron chi connectivity index (χ3n) is 4.11. The fourth-order valence-corrected chi connectivity index (χ4v) is 3.02. The van der Waals surface area contributed by atoms with Crippen molar-refractivity contribution in [1.82, 2.24) is 10.2 Å². The van der Waals surface area contributed by atoms with Crippen LogP contribution in [-0.2, 0) is 19.1 Å². The first kappa shape index (κ1) is 14.8. The molecule has 1 heterocycles. The number of amides is 2. The molecule has 0 radical (unpaired) electrons. The summed E-state index contributed by atoms with van der Waals surface area (Å²) in [6, 6.07) is -0.656. The molecule has 1 saturated heterocycles. The van der Waals surface area contributed by atoms with Gasteiger partial charge in [-0.15, -0.1) is 0 Å². The monoisotopic (exact) mass is 284 g/mol. The largest absolute Gasteiger partial charge is 0.481 e. The number of aliphatic carboxylic acids is 1. The molecule has 7 nitrogen and oxygen atoms in total. The Labute approximate surface area is 117 Å². The van der Waals surface area contributed by atoms with Crippen LogP contribution in [0.2, 0.25) is 0 Å². The Bertz CT molecular complexity index is 412. The van der Waals surface area contributed by atoms with E-state index in [9.17, 15) is 19.5 Å². The summed E-state index contributed by atoms with van der Waals surface area (Å²) in [5, 5.41) is 11.7. The smallest absolute Gasteiger partial charge is 0.307 e. The van der Waals surface area contributed by atoms with Gasteiger partial charge in [-0.05, 0) is 12.8 Å². The number of carbonyl (C=O) groups excluding carboxylic acids is 2. The van der Waals surface area contributed by atoms with E-state index in [1.54, 1.807) is 0 Å². The summed E-state index contributed by atoms with van der Waals surface area (Å²) >= 11 is 0. The molecule has 1 saturated carbocycles. The maximum atomic E-state index is 12.6. The number of hydrogen-bond donors (Lipinski definition) is 2. The molecule has 112 valence electrons. The van der Waals surface area contributed by atoms with Crippen molar-refractivity contribution in [3.63, 3.8) is 0 Å². The van der Waals surface area contributed by atoms with Crippen LogP contribution in [0.1, 0.15) is 19.3 Å². The average Bonchev–Trinajstić information content (AvgIpc) is 2.95. The highest BCUT2D eigenvalue weighted by Crippen LogP contribution is 2.34. The lowest BCUT2D eigenvalue weighted by atomic mass is 9.94. The van der Waals surface area contributed by atoms with Crippen molar-refractivity contribution in [1.29, 1.82) is 0 Å². The quantitative estimate of drug-likeness (QED) is 0.725. The Morgan fingerprint density at radius 1 is 1.25 bits per heavy atom. The van der Waals surface area contributed by atoms with Crippen LogP contribution in [0.15, 0.2) is 0 Å². The molecule has 2 amide bonds. The van der Waals surface area contributed by atoms with Crippen molar-refractivity contribution in [3.8, 4) is 0 Å². The zero-order valence-electron chi connectivity index (χ0n) is 11.5. The first-order chi connectivity index (χ1) is 9.56.